The number of rotatable bonds is 4. The molecule has 3 aromatic rings. The van der Waals surface area contributed by atoms with Crippen molar-refractivity contribution >= 4 is 66.2 Å². The van der Waals surface area contributed by atoms with Crippen LogP contribution in [0, 0.1) is 0 Å². The number of nitrogens with zero attached hydrogens (tertiary/aromatic N) is 2. The first-order valence-electron chi connectivity index (χ1n) is 6.08. The monoisotopic (exact) mass is 387 g/mol. The molecule has 0 amide bonds. The fourth-order valence-corrected chi connectivity index (χ4v) is 4.45. The van der Waals surface area contributed by atoms with Crippen LogP contribution in [0.1, 0.15) is 16.7 Å². The third-order valence-corrected chi connectivity index (χ3v) is 5.86. The highest BCUT2D eigenvalue weighted by Gasteiger charge is 2.10. The summed E-state index contributed by atoms with van der Waals surface area (Å²) in [5.41, 5.74) is 0. The van der Waals surface area contributed by atoms with Crippen molar-refractivity contribution in [3.8, 4) is 0 Å². The number of aromatic nitrogens is 2. The van der Waals surface area contributed by atoms with Crippen LogP contribution in [-0.4, -0.2) is 9.97 Å². The maximum absolute atomic E-state index is 6.00. The number of anilines is 1. The Morgan fingerprint density at radius 3 is 2.85 bits per heavy atom. The molecule has 0 saturated heterocycles. The van der Waals surface area contributed by atoms with E-state index in [1.54, 1.807) is 22.7 Å². The van der Waals surface area contributed by atoms with Crippen LogP contribution in [0.5, 0.6) is 0 Å². The normalized spacial score (nSPS) is 11.2. The fraction of sp³-hybridized carbons (Fsp3) is 0.231. The molecule has 0 fully saturated rings. The summed E-state index contributed by atoms with van der Waals surface area (Å²) in [7, 11) is 0. The molecule has 0 aliphatic heterocycles. The van der Waals surface area contributed by atoms with Gasteiger partial charge in [0, 0.05) is 19.6 Å². The number of halogens is 2. The molecule has 0 radical (unpaired) electrons. The van der Waals surface area contributed by atoms with Gasteiger partial charge in [0.05, 0.1) is 11.9 Å². The van der Waals surface area contributed by atoms with Gasteiger partial charge in [-0.2, -0.15) is 0 Å². The molecule has 0 aliphatic carbocycles. The minimum absolute atomic E-state index is 0.289. The van der Waals surface area contributed by atoms with E-state index in [0.29, 0.717) is 0 Å². The molecule has 0 bridgehead atoms. The zero-order valence-corrected chi connectivity index (χ0v) is 14.6. The summed E-state index contributed by atoms with van der Waals surface area (Å²) in [5.74, 6) is 0.806. The van der Waals surface area contributed by atoms with Gasteiger partial charge in [0.25, 0.3) is 0 Å². The van der Waals surface area contributed by atoms with Crippen LogP contribution in [0.3, 0.4) is 0 Å². The van der Waals surface area contributed by atoms with E-state index in [9.17, 15) is 0 Å². The maximum atomic E-state index is 6.00. The van der Waals surface area contributed by atoms with Crippen molar-refractivity contribution in [1.82, 2.24) is 9.97 Å². The van der Waals surface area contributed by atoms with Crippen molar-refractivity contribution in [3.05, 3.63) is 37.0 Å². The first-order valence-corrected chi connectivity index (χ1v) is 8.95. The molecule has 3 rings (SSSR count). The van der Waals surface area contributed by atoms with Crippen LogP contribution >= 0.6 is 50.2 Å². The molecule has 7 heteroatoms. The molecule has 3 nitrogen and oxygen atoms in total. The number of nitrogens with one attached hydrogen (secondary N) is 1. The molecule has 0 aliphatic rings. The molecule has 1 N–H and O–H groups in total. The van der Waals surface area contributed by atoms with E-state index in [-0.39, 0.29) is 5.28 Å². The second-order valence-corrected chi connectivity index (χ2v) is 7.58. The first-order chi connectivity index (χ1) is 9.65. The molecular weight excluding hydrogens is 378 g/mol. The highest BCUT2D eigenvalue weighted by molar-refractivity contribution is 9.10. The summed E-state index contributed by atoms with van der Waals surface area (Å²) in [6.07, 6.45) is 0.996. The van der Waals surface area contributed by atoms with Gasteiger partial charge in [-0.1, -0.05) is 6.92 Å². The van der Waals surface area contributed by atoms with Crippen molar-refractivity contribution in [2.45, 2.75) is 19.9 Å². The number of hydrogen-bond acceptors (Lipinski definition) is 5. The molecule has 0 spiro atoms. The molecule has 20 heavy (non-hydrogen) atoms. The Labute approximate surface area is 138 Å². The molecule has 104 valence electrons. The van der Waals surface area contributed by atoms with Crippen molar-refractivity contribution in [2.75, 3.05) is 5.32 Å². The second-order valence-electron chi connectivity index (χ2n) is 4.21. The highest BCUT2D eigenvalue weighted by atomic mass is 79.9. The van der Waals surface area contributed by atoms with Crippen molar-refractivity contribution < 1.29 is 0 Å². The van der Waals surface area contributed by atoms with Crippen LogP contribution in [0.25, 0.3) is 10.2 Å². The Kier molecular flexibility index (Phi) is 4.26. The molecule has 0 saturated carbocycles. The average Bonchev–Trinajstić information content (AvgIpc) is 3.01. The molecule has 0 aromatic carbocycles. The summed E-state index contributed by atoms with van der Waals surface area (Å²) >= 11 is 12.8. The van der Waals surface area contributed by atoms with Gasteiger partial charge in [0.1, 0.15) is 10.6 Å². The van der Waals surface area contributed by atoms with E-state index in [1.165, 1.54) is 9.75 Å². The third-order valence-electron chi connectivity index (χ3n) is 2.82. The van der Waals surface area contributed by atoms with E-state index >= 15 is 0 Å². The number of fused-ring (bicyclic) bond motifs is 1. The van der Waals surface area contributed by atoms with Crippen LogP contribution in [0.2, 0.25) is 5.28 Å². The Balaban J connectivity index is 1.91. The van der Waals surface area contributed by atoms with Gasteiger partial charge in [-0.05, 0) is 46.1 Å². The topological polar surface area (TPSA) is 37.8 Å². The lowest BCUT2D eigenvalue weighted by atomic mass is 10.3. The summed E-state index contributed by atoms with van der Waals surface area (Å²) in [6, 6.07) is 4.24. The SMILES string of the molecule is CCc1cc2c(NCc3cc(Br)cs3)nc(Cl)nc2s1. The van der Waals surface area contributed by atoms with Gasteiger partial charge < -0.3 is 5.32 Å². The smallest absolute Gasteiger partial charge is 0.225 e. The third kappa shape index (κ3) is 2.98. The summed E-state index contributed by atoms with van der Waals surface area (Å²) in [6.45, 7) is 2.87. The van der Waals surface area contributed by atoms with Gasteiger partial charge in [-0.15, -0.1) is 22.7 Å². The predicted octanol–water partition coefficient (Wildman–Crippen LogP) is 5.34. The zero-order chi connectivity index (χ0) is 14.1. The second kappa shape index (κ2) is 5.97. The summed E-state index contributed by atoms with van der Waals surface area (Å²) < 4.78 is 1.11. The molecule has 3 aromatic heterocycles. The van der Waals surface area contributed by atoms with E-state index < -0.39 is 0 Å². The Morgan fingerprint density at radius 1 is 1.30 bits per heavy atom. The minimum Gasteiger partial charge on any atom is -0.364 e. The van der Waals surface area contributed by atoms with Crippen molar-refractivity contribution in [1.29, 1.82) is 0 Å². The van der Waals surface area contributed by atoms with Gasteiger partial charge in [0.2, 0.25) is 5.28 Å². The largest absolute Gasteiger partial charge is 0.364 e. The predicted molar refractivity (Wildman–Crippen MR) is 91.1 cm³/mol. The quantitative estimate of drug-likeness (QED) is 0.613. The lowest BCUT2D eigenvalue weighted by Crippen LogP contribution is -2.01. The standard InChI is InChI=1S/C13H11BrClN3S2/c1-2-8-4-10-11(17-13(15)18-12(10)20-8)16-5-9-3-7(14)6-19-9/h3-4,6H,2,5H2,1H3,(H,16,17,18). The maximum Gasteiger partial charge on any atom is 0.225 e. The van der Waals surface area contributed by atoms with E-state index in [2.05, 4.69) is 55.7 Å². The highest BCUT2D eigenvalue weighted by Crippen LogP contribution is 2.31. The lowest BCUT2D eigenvalue weighted by Gasteiger charge is -2.05. The lowest BCUT2D eigenvalue weighted by molar-refractivity contribution is 1.13. The van der Waals surface area contributed by atoms with E-state index in [1.807, 2.05) is 0 Å². The number of aryl methyl sites for hydroxylation is 1. The Morgan fingerprint density at radius 2 is 2.15 bits per heavy atom. The molecule has 3 heterocycles. The number of thiophene rings is 2. The minimum atomic E-state index is 0.289. The molecular formula is C13H11BrClN3S2. The van der Waals surface area contributed by atoms with Crippen LogP contribution in [0.4, 0.5) is 5.82 Å². The summed E-state index contributed by atoms with van der Waals surface area (Å²) in [4.78, 5) is 12.1. The Bertz CT molecular complexity index is 753. The van der Waals surface area contributed by atoms with Crippen LogP contribution in [0.15, 0.2) is 22.0 Å². The molecule has 0 unspecified atom stereocenters. The van der Waals surface area contributed by atoms with Gasteiger partial charge in [0.15, 0.2) is 0 Å². The van der Waals surface area contributed by atoms with Crippen LogP contribution < -0.4 is 5.32 Å². The van der Waals surface area contributed by atoms with Crippen LogP contribution in [-0.2, 0) is 13.0 Å². The van der Waals surface area contributed by atoms with E-state index in [4.69, 9.17) is 11.6 Å². The van der Waals surface area contributed by atoms with Gasteiger partial charge in [-0.3, -0.25) is 0 Å². The summed E-state index contributed by atoms with van der Waals surface area (Å²) in [5, 5.41) is 6.76. The van der Waals surface area contributed by atoms with Gasteiger partial charge in [-0.25, -0.2) is 9.97 Å². The number of hydrogen-bond donors (Lipinski definition) is 1. The van der Waals surface area contributed by atoms with Gasteiger partial charge >= 0.3 is 0 Å². The Hall–Kier alpha value is -0.690. The molecule has 0 atom stereocenters. The first kappa shape index (κ1) is 14.3. The van der Waals surface area contributed by atoms with Crippen molar-refractivity contribution in [3.63, 3.8) is 0 Å². The van der Waals surface area contributed by atoms with Crippen molar-refractivity contribution in [2.24, 2.45) is 0 Å². The van der Waals surface area contributed by atoms with E-state index in [0.717, 1.165) is 33.5 Å². The fourth-order valence-electron chi connectivity index (χ4n) is 1.87. The average molecular weight is 389 g/mol. The zero-order valence-electron chi connectivity index (χ0n) is 10.6.